The normalized spacial score (nSPS) is 9.81. The number of hydrogen-bond donors (Lipinski definition) is 1. The Morgan fingerprint density at radius 1 is 1.56 bits per heavy atom. The summed E-state index contributed by atoms with van der Waals surface area (Å²) in [5.74, 6) is -1.32. The van der Waals surface area contributed by atoms with Crippen molar-refractivity contribution in [3.8, 4) is 5.75 Å². The lowest BCUT2D eigenvalue weighted by Gasteiger charge is -2.05. The van der Waals surface area contributed by atoms with E-state index in [-0.39, 0.29) is 23.8 Å². The van der Waals surface area contributed by atoms with E-state index in [0.29, 0.717) is 0 Å². The van der Waals surface area contributed by atoms with Crippen LogP contribution in [0.2, 0.25) is 0 Å². The molecule has 0 aliphatic heterocycles. The molecule has 7 nitrogen and oxygen atoms in total. The van der Waals surface area contributed by atoms with Gasteiger partial charge in [0.15, 0.2) is 6.79 Å². The van der Waals surface area contributed by atoms with Crippen LogP contribution in [0.4, 0.5) is 5.69 Å². The van der Waals surface area contributed by atoms with Gasteiger partial charge < -0.3 is 14.6 Å². The van der Waals surface area contributed by atoms with Crippen LogP contribution in [0.3, 0.4) is 0 Å². The lowest BCUT2D eigenvalue weighted by Crippen LogP contribution is -2.04. The van der Waals surface area contributed by atoms with Crippen LogP contribution in [-0.4, -0.2) is 29.9 Å². The Balaban J connectivity index is 3.10. The second-order valence-electron chi connectivity index (χ2n) is 2.80. The van der Waals surface area contributed by atoms with Gasteiger partial charge in [-0.1, -0.05) is 0 Å². The molecule has 1 aromatic rings. The summed E-state index contributed by atoms with van der Waals surface area (Å²) in [5, 5.41) is 19.3. The molecule has 1 aromatic carbocycles. The minimum Gasteiger partial charge on any atom is -0.478 e. The number of nitrogens with zero attached hydrogens (tertiary/aromatic N) is 1. The summed E-state index contributed by atoms with van der Waals surface area (Å²) in [4.78, 5) is 20.6. The Morgan fingerprint density at radius 2 is 2.25 bits per heavy atom. The molecule has 1 N–H and O–H groups in total. The average Bonchev–Trinajstić information content (AvgIpc) is 2.25. The maximum Gasteiger partial charge on any atom is 0.335 e. The number of carbonyl (C=O) groups is 1. The Bertz CT molecular complexity index is 416. The highest BCUT2D eigenvalue weighted by atomic mass is 16.7. The maximum atomic E-state index is 10.7. The number of aromatic carboxylic acids is 1. The zero-order chi connectivity index (χ0) is 12.1. The lowest BCUT2D eigenvalue weighted by molar-refractivity contribution is -0.386. The van der Waals surface area contributed by atoms with Crippen LogP contribution in [0.15, 0.2) is 18.2 Å². The highest BCUT2D eigenvalue weighted by Gasteiger charge is 2.17. The summed E-state index contributed by atoms with van der Waals surface area (Å²) in [6, 6.07) is 3.30. The van der Waals surface area contributed by atoms with Crippen LogP contribution in [-0.2, 0) is 4.74 Å². The second kappa shape index (κ2) is 5.08. The Hall–Kier alpha value is -2.15. The molecule has 16 heavy (non-hydrogen) atoms. The summed E-state index contributed by atoms with van der Waals surface area (Å²) in [6.45, 7) is -0.191. The van der Waals surface area contributed by atoms with Crippen LogP contribution >= 0.6 is 0 Å². The van der Waals surface area contributed by atoms with Gasteiger partial charge in [-0.3, -0.25) is 10.1 Å². The third-order valence-electron chi connectivity index (χ3n) is 1.74. The molecule has 0 atom stereocenters. The van der Waals surface area contributed by atoms with E-state index in [2.05, 4.69) is 4.74 Å². The first-order valence-corrected chi connectivity index (χ1v) is 4.19. The summed E-state index contributed by atoms with van der Waals surface area (Å²) in [5.41, 5.74) is -0.390. The van der Waals surface area contributed by atoms with Gasteiger partial charge in [-0.15, -0.1) is 0 Å². The summed E-state index contributed by atoms with van der Waals surface area (Å²) in [7, 11) is 1.35. The van der Waals surface area contributed by atoms with Crippen LogP contribution in [0.25, 0.3) is 0 Å². The molecule has 0 fully saturated rings. The molecule has 0 radical (unpaired) electrons. The fourth-order valence-corrected chi connectivity index (χ4v) is 1.04. The monoisotopic (exact) mass is 227 g/mol. The van der Waals surface area contributed by atoms with Crippen LogP contribution in [0.1, 0.15) is 10.4 Å². The number of nitro benzene ring substituents is 1. The molecule has 0 saturated heterocycles. The summed E-state index contributed by atoms with van der Waals surface area (Å²) >= 11 is 0. The average molecular weight is 227 g/mol. The summed E-state index contributed by atoms with van der Waals surface area (Å²) in [6.07, 6.45) is 0. The minimum atomic E-state index is -1.18. The number of rotatable bonds is 5. The van der Waals surface area contributed by atoms with Crippen molar-refractivity contribution in [1.29, 1.82) is 0 Å². The number of carboxylic acid groups (broad SMARTS) is 1. The minimum absolute atomic E-state index is 0.0864. The standard InChI is InChI=1S/C9H9NO6/c1-15-5-16-8-4-6(9(11)12)2-3-7(8)10(13)14/h2-4H,5H2,1H3,(H,11,12). The first-order valence-electron chi connectivity index (χ1n) is 4.19. The second-order valence-corrected chi connectivity index (χ2v) is 2.80. The Labute approximate surface area is 90.4 Å². The molecule has 7 heteroatoms. The van der Waals surface area contributed by atoms with Crippen LogP contribution < -0.4 is 4.74 Å². The van der Waals surface area contributed by atoms with Crippen LogP contribution in [0.5, 0.6) is 5.75 Å². The van der Waals surface area contributed by atoms with Crippen molar-refractivity contribution in [2.24, 2.45) is 0 Å². The van der Waals surface area contributed by atoms with E-state index in [9.17, 15) is 14.9 Å². The fraction of sp³-hybridized carbons (Fsp3) is 0.222. The largest absolute Gasteiger partial charge is 0.478 e. The zero-order valence-electron chi connectivity index (χ0n) is 8.37. The van der Waals surface area contributed by atoms with Gasteiger partial charge in [0.2, 0.25) is 5.75 Å². The van der Waals surface area contributed by atoms with Gasteiger partial charge in [0.1, 0.15) is 0 Å². The zero-order valence-corrected chi connectivity index (χ0v) is 8.37. The number of methoxy groups -OCH3 is 1. The predicted octanol–water partition coefficient (Wildman–Crippen LogP) is 1.28. The SMILES string of the molecule is COCOc1cc(C(=O)O)ccc1[N+](=O)[O-]. The van der Waals surface area contributed by atoms with Gasteiger partial charge in [0, 0.05) is 19.2 Å². The van der Waals surface area contributed by atoms with E-state index in [1.54, 1.807) is 0 Å². The Morgan fingerprint density at radius 3 is 2.75 bits per heavy atom. The molecule has 86 valence electrons. The third kappa shape index (κ3) is 2.67. The van der Waals surface area contributed by atoms with Crippen molar-refractivity contribution >= 4 is 11.7 Å². The Kier molecular flexibility index (Phi) is 3.78. The third-order valence-corrected chi connectivity index (χ3v) is 1.74. The molecule has 0 aliphatic carbocycles. The topological polar surface area (TPSA) is 98.9 Å². The number of carboxylic acids is 1. The van der Waals surface area contributed by atoms with Gasteiger partial charge in [0.05, 0.1) is 10.5 Å². The predicted molar refractivity (Wildman–Crippen MR) is 52.6 cm³/mol. The van der Waals surface area contributed by atoms with Crippen molar-refractivity contribution in [2.75, 3.05) is 13.9 Å². The molecule has 1 rings (SSSR count). The number of hydrogen-bond acceptors (Lipinski definition) is 5. The maximum absolute atomic E-state index is 10.7. The van der Waals surface area contributed by atoms with Crippen molar-refractivity contribution in [3.05, 3.63) is 33.9 Å². The van der Waals surface area contributed by atoms with Crippen molar-refractivity contribution in [2.45, 2.75) is 0 Å². The molecular formula is C9H9NO6. The van der Waals surface area contributed by atoms with Gasteiger partial charge in [-0.2, -0.15) is 0 Å². The van der Waals surface area contributed by atoms with Gasteiger partial charge in [-0.25, -0.2) is 4.79 Å². The molecule has 0 aromatic heterocycles. The molecule has 0 heterocycles. The summed E-state index contributed by atoms with van der Waals surface area (Å²) < 4.78 is 9.50. The number of nitro groups is 1. The van der Waals surface area contributed by atoms with Crippen LogP contribution in [0, 0.1) is 10.1 Å². The lowest BCUT2D eigenvalue weighted by atomic mass is 10.2. The van der Waals surface area contributed by atoms with Crippen molar-refractivity contribution in [1.82, 2.24) is 0 Å². The van der Waals surface area contributed by atoms with E-state index in [1.807, 2.05) is 0 Å². The smallest absolute Gasteiger partial charge is 0.335 e. The van der Waals surface area contributed by atoms with Crippen molar-refractivity contribution < 1.29 is 24.3 Å². The number of ether oxygens (including phenoxy) is 2. The highest BCUT2D eigenvalue weighted by molar-refractivity contribution is 5.88. The molecule has 0 aliphatic rings. The van der Waals surface area contributed by atoms with E-state index in [4.69, 9.17) is 9.84 Å². The molecule has 0 saturated carbocycles. The van der Waals surface area contributed by atoms with E-state index >= 15 is 0 Å². The first kappa shape index (κ1) is 11.9. The van der Waals surface area contributed by atoms with Gasteiger partial charge in [0.25, 0.3) is 0 Å². The fourth-order valence-electron chi connectivity index (χ4n) is 1.04. The number of benzene rings is 1. The molecular weight excluding hydrogens is 218 g/mol. The molecule has 0 bridgehead atoms. The molecule has 0 spiro atoms. The van der Waals surface area contributed by atoms with Gasteiger partial charge >= 0.3 is 11.7 Å². The molecule has 0 amide bonds. The quantitative estimate of drug-likeness (QED) is 0.462. The van der Waals surface area contributed by atoms with Crippen molar-refractivity contribution in [3.63, 3.8) is 0 Å². The highest BCUT2D eigenvalue weighted by Crippen LogP contribution is 2.27. The van der Waals surface area contributed by atoms with Gasteiger partial charge in [-0.05, 0) is 6.07 Å². The first-order chi connectivity index (χ1) is 7.56. The van der Waals surface area contributed by atoms with E-state index in [1.165, 1.54) is 7.11 Å². The van der Waals surface area contributed by atoms with E-state index < -0.39 is 10.9 Å². The van der Waals surface area contributed by atoms with E-state index in [0.717, 1.165) is 18.2 Å². The molecule has 0 unspecified atom stereocenters.